The van der Waals surface area contributed by atoms with Gasteiger partial charge in [-0.15, -0.1) is 0 Å². The number of nitrogens with zero attached hydrogens (tertiary/aromatic N) is 2. The Morgan fingerprint density at radius 3 is 2.13 bits per heavy atom. The Balaban J connectivity index is 2.39. The topological polar surface area (TPSA) is 27.7 Å². The van der Waals surface area contributed by atoms with Gasteiger partial charge in [-0.2, -0.15) is 9.83 Å². The highest BCUT2D eigenvalue weighted by atomic mass is 15.0. The first-order valence-electron chi connectivity index (χ1n) is 4.82. The zero-order chi connectivity index (χ0) is 10.5. The van der Waals surface area contributed by atoms with Crippen LogP contribution in [0, 0.1) is 11.3 Å². The minimum Gasteiger partial charge on any atom is -0.191 e. The van der Waals surface area contributed by atoms with E-state index in [9.17, 15) is 0 Å². The maximum absolute atomic E-state index is 9.16. The van der Waals surface area contributed by atoms with E-state index in [2.05, 4.69) is 6.07 Å². The Bertz CT molecular complexity index is 417. The fourth-order valence-electron chi connectivity index (χ4n) is 1.53. The van der Waals surface area contributed by atoms with Gasteiger partial charge in [0.05, 0.1) is 0 Å². The predicted octanol–water partition coefficient (Wildman–Crippen LogP) is 2.09. The van der Waals surface area contributed by atoms with Crippen molar-refractivity contribution in [2.24, 2.45) is 0 Å². The Morgan fingerprint density at radius 1 is 0.933 bits per heavy atom. The summed E-state index contributed by atoms with van der Waals surface area (Å²) in [6, 6.07) is 17.6. The summed E-state index contributed by atoms with van der Waals surface area (Å²) < 4.78 is 1.90. The summed E-state index contributed by atoms with van der Waals surface area (Å²) in [5.41, 5.74) is 1.01. The summed E-state index contributed by atoms with van der Waals surface area (Å²) in [6.07, 6.45) is 3.81. The molecule has 0 aliphatic heterocycles. The Kier molecular flexibility index (Phi) is 2.75. The number of aromatic nitrogens is 1. The van der Waals surface area contributed by atoms with Crippen molar-refractivity contribution in [1.29, 1.82) is 5.26 Å². The van der Waals surface area contributed by atoms with Crippen LogP contribution in [0.5, 0.6) is 0 Å². The normalized spacial score (nSPS) is 11.7. The van der Waals surface area contributed by atoms with Gasteiger partial charge in [0, 0.05) is 17.7 Å². The van der Waals surface area contributed by atoms with E-state index in [0.29, 0.717) is 0 Å². The molecule has 2 rings (SSSR count). The fourth-order valence-corrected chi connectivity index (χ4v) is 1.53. The summed E-state index contributed by atoms with van der Waals surface area (Å²) in [4.78, 5) is 0. The standard InChI is InChI=1S/C13H11N2/c14-11-13(12-7-3-1-4-8-12)15-9-5-2-6-10-15/h1-10,13H/q+1. The van der Waals surface area contributed by atoms with Crippen LogP contribution in [-0.4, -0.2) is 0 Å². The highest BCUT2D eigenvalue weighted by molar-refractivity contribution is 5.21. The first-order valence-corrected chi connectivity index (χ1v) is 4.82. The molecule has 2 heteroatoms. The number of hydrogen-bond donors (Lipinski definition) is 0. The first-order chi connectivity index (χ1) is 7.42. The average Bonchev–Trinajstić information content (AvgIpc) is 2.33. The first kappa shape index (κ1) is 9.42. The summed E-state index contributed by atoms with van der Waals surface area (Å²) in [7, 11) is 0. The molecule has 0 amide bonds. The highest BCUT2D eigenvalue weighted by Gasteiger charge is 2.18. The van der Waals surface area contributed by atoms with Gasteiger partial charge in [-0.05, 0) is 0 Å². The number of pyridine rings is 1. The van der Waals surface area contributed by atoms with Crippen molar-refractivity contribution in [2.75, 3.05) is 0 Å². The molecule has 72 valence electrons. The molecule has 0 spiro atoms. The second-order valence-electron chi connectivity index (χ2n) is 3.27. The molecule has 0 bridgehead atoms. The van der Waals surface area contributed by atoms with E-state index >= 15 is 0 Å². The van der Waals surface area contributed by atoms with Crippen LogP contribution >= 0.6 is 0 Å². The molecule has 0 N–H and O–H groups in total. The fraction of sp³-hybridized carbons (Fsp3) is 0.0769. The van der Waals surface area contributed by atoms with Crippen LogP contribution < -0.4 is 4.57 Å². The van der Waals surface area contributed by atoms with Crippen molar-refractivity contribution >= 4 is 0 Å². The Hall–Kier alpha value is -2.14. The summed E-state index contributed by atoms with van der Waals surface area (Å²) in [5.74, 6) is 0. The molecule has 2 nitrogen and oxygen atoms in total. The number of nitriles is 1. The SMILES string of the molecule is N#CC(c1ccccc1)[n+]1ccccc1. The van der Waals surface area contributed by atoms with Crippen molar-refractivity contribution in [3.05, 3.63) is 66.5 Å². The van der Waals surface area contributed by atoms with Gasteiger partial charge in [0.1, 0.15) is 6.07 Å². The average molecular weight is 195 g/mol. The Morgan fingerprint density at radius 2 is 1.53 bits per heavy atom. The molecule has 1 aromatic carbocycles. The van der Waals surface area contributed by atoms with Gasteiger partial charge in [-0.25, -0.2) is 0 Å². The number of hydrogen-bond acceptors (Lipinski definition) is 1. The maximum atomic E-state index is 9.16. The minimum atomic E-state index is -0.243. The molecule has 2 aromatic rings. The van der Waals surface area contributed by atoms with Crippen LogP contribution in [0.1, 0.15) is 11.6 Å². The second-order valence-corrected chi connectivity index (χ2v) is 3.27. The largest absolute Gasteiger partial charge is 0.269 e. The van der Waals surface area contributed by atoms with Gasteiger partial charge < -0.3 is 0 Å². The minimum absolute atomic E-state index is 0.243. The quantitative estimate of drug-likeness (QED) is 0.674. The van der Waals surface area contributed by atoms with E-state index in [4.69, 9.17) is 5.26 Å². The third-order valence-corrected chi connectivity index (χ3v) is 2.27. The van der Waals surface area contributed by atoms with Crippen LogP contribution in [0.25, 0.3) is 0 Å². The van der Waals surface area contributed by atoms with Crippen LogP contribution in [0.15, 0.2) is 60.9 Å². The summed E-state index contributed by atoms with van der Waals surface area (Å²) >= 11 is 0. The van der Waals surface area contributed by atoms with Crippen molar-refractivity contribution in [1.82, 2.24) is 0 Å². The van der Waals surface area contributed by atoms with Crippen molar-refractivity contribution in [3.63, 3.8) is 0 Å². The van der Waals surface area contributed by atoms with Gasteiger partial charge in [0.2, 0.25) is 0 Å². The molecule has 0 fully saturated rings. The lowest BCUT2D eigenvalue weighted by Crippen LogP contribution is -2.38. The van der Waals surface area contributed by atoms with Crippen LogP contribution in [-0.2, 0) is 0 Å². The lowest BCUT2D eigenvalue weighted by molar-refractivity contribution is -0.701. The molecule has 1 heterocycles. The lowest BCUT2D eigenvalue weighted by atomic mass is 10.1. The molecule has 1 atom stereocenters. The predicted molar refractivity (Wildman–Crippen MR) is 56.8 cm³/mol. The monoisotopic (exact) mass is 195 g/mol. The van der Waals surface area contributed by atoms with Crippen LogP contribution in [0.4, 0.5) is 0 Å². The second kappa shape index (κ2) is 4.39. The third-order valence-electron chi connectivity index (χ3n) is 2.27. The molecule has 1 unspecified atom stereocenters. The van der Waals surface area contributed by atoms with Gasteiger partial charge >= 0.3 is 0 Å². The van der Waals surface area contributed by atoms with Crippen LogP contribution in [0.3, 0.4) is 0 Å². The summed E-state index contributed by atoms with van der Waals surface area (Å²) in [5, 5.41) is 9.16. The van der Waals surface area contributed by atoms with Crippen molar-refractivity contribution in [2.45, 2.75) is 6.04 Å². The number of benzene rings is 1. The molecule has 15 heavy (non-hydrogen) atoms. The molecule has 0 saturated carbocycles. The molecule has 0 radical (unpaired) electrons. The molecular formula is C13H11N2+. The van der Waals surface area contributed by atoms with Gasteiger partial charge in [0.25, 0.3) is 6.04 Å². The smallest absolute Gasteiger partial charge is 0.191 e. The van der Waals surface area contributed by atoms with Crippen molar-refractivity contribution < 1.29 is 4.57 Å². The molecule has 0 aliphatic carbocycles. The van der Waals surface area contributed by atoms with Gasteiger partial charge in [-0.3, -0.25) is 0 Å². The highest BCUT2D eigenvalue weighted by Crippen LogP contribution is 2.10. The maximum Gasteiger partial charge on any atom is 0.269 e. The van der Waals surface area contributed by atoms with Gasteiger partial charge in [0.15, 0.2) is 12.4 Å². The van der Waals surface area contributed by atoms with E-state index in [-0.39, 0.29) is 6.04 Å². The molecule has 1 aromatic heterocycles. The zero-order valence-electron chi connectivity index (χ0n) is 8.25. The number of rotatable bonds is 2. The molecular weight excluding hydrogens is 184 g/mol. The van der Waals surface area contributed by atoms with E-state index in [1.165, 1.54) is 0 Å². The lowest BCUT2D eigenvalue weighted by Gasteiger charge is -2.03. The zero-order valence-corrected chi connectivity index (χ0v) is 8.25. The summed E-state index contributed by atoms with van der Waals surface area (Å²) in [6.45, 7) is 0. The van der Waals surface area contributed by atoms with E-state index in [1.807, 2.05) is 65.5 Å². The van der Waals surface area contributed by atoms with Crippen LogP contribution in [0.2, 0.25) is 0 Å². The van der Waals surface area contributed by atoms with E-state index in [0.717, 1.165) is 5.56 Å². The van der Waals surface area contributed by atoms with E-state index in [1.54, 1.807) is 0 Å². The van der Waals surface area contributed by atoms with Crippen molar-refractivity contribution in [3.8, 4) is 6.07 Å². The molecule has 0 saturated heterocycles. The molecule has 0 aliphatic rings. The van der Waals surface area contributed by atoms with Gasteiger partial charge in [-0.1, -0.05) is 36.4 Å². The van der Waals surface area contributed by atoms with E-state index < -0.39 is 0 Å². The third kappa shape index (κ3) is 2.03. The Labute approximate surface area is 89.0 Å².